The first-order chi connectivity index (χ1) is 18.2. The minimum Gasteiger partial charge on any atom is -0.472 e. The second-order valence-corrected chi connectivity index (χ2v) is 9.15. The second-order valence-electron chi connectivity index (χ2n) is 9.15. The molecule has 3 aromatic carbocycles. The van der Waals surface area contributed by atoms with Crippen LogP contribution in [0, 0.1) is 5.82 Å². The first-order valence-electron chi connectivity index (χ1n) is 11.9. The van der Waals surface area contributed by atoms with Gasteiger partial charge < -0.3 is 24.4 Å². The van der Waals surface area contributed by atoms with Crippen molar-refractivity contribution in [2.75, 3.05) is 24.8 Å². The van der Waals surface area contributed by atoms with Crippen LogP contribution in [-0.2, 0) is 23.0 Å². The van der Waals surface area contributed by atoms with Crippen LogP contribution >= 0.6 is 0 Å². The first kappa shape index (κ1) is 24.1. The van der Waals surface area contributed by atoms with E-state index in [1.807, 2.05) is 12.1 Å². The number of amides is 2. The van der Waals surface area contributed by atoms with Crippen molar-refractivity contribution < 1.29 is 41.4 Å². The SMILES string of the molecule is O=C(NCCCN1C(=O)C2(Cc3c(ccc4c3OCO4)O2)c2ccccc21)c1cc(F)ccc1C(F)(F)F. The highest BCUT2D eigenvalue weighted by atomic mass is 19.4. The molecule has 38 heavy (non-hydrogen) atoms. The van der Waals surface area contributed by atoms with Crippen molar-refractivity contribution >= 4 is 17.5 Å². The molecule has 2 amide bonds. The molecule has 1 N–H and O–H groups in total. The molecule has 0 fully saturated rings. The van der Waals surface area contributed by atoms with E-state index in [0.717, 1.165) is 5.56 Å². The summed E-state index contributed by atoms with van der Waals surface area (Å²) in [6.45, 7) is 0.219. The number of rotatable bonds is 5. The zero-order valence-corrected chi connectivity index (χ0v) is 19.7. The lowest BCUT2D eigenvalue weighted by atomic mass is 9.90. The zero-order chi connectivity index (χ0) is 26.7. The Balaban J connectivity index is 1.18. The highest BCUT2D eigenvalue weighted by molar-refractivity contribution is 6.08. The normalized spacial score (nSPS) is 18.9. The maximum atomic E-state index is 13.8. The lowest BCUT2D eigenvalue weighted by molar-refractivity contribution is -0.138. The molecule has 0 radical (unpaired) electrons. The molecule has 0 aromatic heterocycles. The molecule has 7 nitrogen and oxygen atoms in total. The van der Waals surface area contributed by atoms with Gasteiger partial charge in [0.25, 0.3) is 11.8 Å². The lowest BCUT2D eigenvalue weighted by Gasteiger charge is -2.23. The molecule has 11 heteroatoms. The van der Waals surface area contributed by atoms with Gasteiger partial charge in [-0.25, -0.2) is 4.39 Å². The van der Waals surface area contributed by atoms with Gasteiger partial charge >= 0.3 is 6.18 Å². The molecule has 3 heterocycles. The maximum absolute atomic E-state index is 13.8. The van der Waals surface area contributed by atoms with Gasteiger partial charge in [-0.15, -0.1) is 0 Å². The van der Waals surface area contributed by atoms with Gasteiger partial charge in [0.1, 0.15) is 11.6 Å². The summed E-state index contributed by atoms with van der Waals surface area (Å²) in [5.74, 6) is -0.621. The lowest BCUT2D eigenvalue weighted by Crippen LogP contribution is -2.44. The summed E-state index contributed by atoms with van der Waals surface area (Å²) in [4.78, 5) is 27.8. The summed E-state index contributed by atoms with van der Waals surface area (Å²) < 4.78 is 70.7. The quantitative estimate of drug-likeness (QED) is 0.388. The summed E-state index contributed by atoms with van der Waals surface area (Å²) in [7, 11) is 0. The van der Waals surface area contributed by atoms with Gasteiger partial charge in [-0.1, -0.05) is 18.2 Å². The van der Waals surface area contributed by atoms with Crippen molar-refractivity contribution in [3.63, 3.8) is 0 Å². The maximum Gasteiger partial charge on any atom is 0.417 e. The van der Waals surface area contributed by atoms with Gasteiger partial charge in [0.2, 0.25) is 12.4 Å². The van der Waals surface area contributed by atoms with E-state index in [2.05, 4.69) is 5.32 Å². The number of carbonyl (C=O) groups is 2. The number of nitrogens with one attached hydrogen (secondary N) is 1. The smallest absolute Gasteiger partial charge is 0.417 e. The van der Waals surface area contributed by atoms with Gasteiger partial charge in [-0.2, -0.15) is 13.2 Å². The molecule has 3 aromatic rings. The Morgan fingerprint density at radius 2 is 1.84 bits per heavy atom. The fourth-order valence-electron chi connectivity index (χ4n) is 5.22. The number of benzene rings is 3. The highest BCUT2D eigenvalue weighted by Gasteiger charge is 2.57. The van der Waals surface area contributed by atoms with Crippen LogP contribution in [0.4, 0.5) is 23.2 Å². The summed E-state index contributed by atoms with van der Waals surface area (Å²) in [6, 6.07) is 12.4. The standard InChI is InChI=1S/C27H20F4N2O5/c28-15-6-7-18(27(29,30)31)16(12-15)24(34)32-10-3-11-33-20-5-2-1-4-19(20)26(25(33)35)13-17-21(38-26)8-9-22-23(17)37-14-36-22/h1-2,4-9,12H,3,10-11,13-14H2,(H,32,34). The molecule has 0 aliphatic carbocycles. The van der Waals surface area contributed by atoms with Crippen LogP contribution in [0.15, 0.2) is 54.6 Å². The van der Waals surface area contributed by atoms with E-state index in [1.165, 1.54) is 0 Å². The fourth-order valence-corrected chi connectivity index (χ4v) is 5.22. The Morgan fingerprint density at radius 1 is 1.05 bits per heavy atom. The third-order valence-corrected chi connectivity index (χ3v) is 6.91. The molecule has 1 spiro atoms. The number of fused-ring (bicyclic) bond motifs is 5. The molecular formula is C27H20F4N2O5. The monoisotopic (exact) mass is 528 g/mol. The minimum absolute atomic E-state index is 0.0363. The molecule has 1 unspecified atom stereocenters. The molecule has 196 valence electrons. The average molecular weight is 528 g/mol. The Kier molecular flexibility index (Phi) is 5.48. The Bertz CT molecular complexity index is 1470. The van der Waals surface area contributed by atoms with E-state index in [4.69, 9.17) is 14.2 Å². The Hall–Kier alpha value is -4.28. The topological polar surface area (TPSA) is 77.1 Å². The fraction of sp³-hybridized carbons (Fsp3) is 0.259. The minimum atomic E-state index is -4.81. The number of ether oxygens (including phenoxy) is 3. The largest absolute Gasteiger partial charge is 0.472 e. The predicted molar refractivity (Wildman–Crippen MR) is 126 cm³/mol. The molecule has 3 aliphatic heterocycles. The van der Waals surface area contributed by atoms with Crippen molar-refractivity contribution in [2.24, 2.45) is 0 Å². The van der Waals surface area contributed by atoms with Crippen LogP contribution < -0.4 is 24.4 Å². The number of anilines is 1. The van der Waals surface area contributed by atoms with Crippen LogP contribution in [0.1, 0.15) is 33.5 Å². The molecule has 1 atom stereocenters. The van der Waals surface area contributed by atoms with Crippen molar-refractivity contribution in [2.45, 2.75) is 24.6 Å². The van der Waals surface area contributed by atoms with Crippen LogP contribution in [-0.4, -0.2) is 31.7 Å². The second kappa shape index (κ2) is 8.64. The summed E-state index contributed by atoms with van der Waals surface area (Å²) in [6.07, 6.45) is -4.33. The Labute approximate surface area is 213 Å². The van der Waals surface area contributed by atoms with E-state index < -0.39 is 34.6 Å². The number of hydrogen-bond donors (Lipinski definition) is 1. The summed E-state index contributed by atoms with van der Waals surface area (Å²) in [5.41, 5.74) is -1.22. The van der Waals surface area contributed by atoms with Crippen molar-refractivity contribution in [1.82, 2.24) is 5.32 Å². The van der Waals surface area contributed by atoms with Crippen LogP contribution in [0.5, 0.6) is 17.2 Å². The van der Waals surface area contributed by atoms with Crippen LogP contribution in [0.2, 0.25) is 0 Å². The number of halogens is 4. The van der Waals surface area contributed by atoms with Crippen molar-refractivity contribution in [1.29, 1.82) is 0 Å². The zero-order valence-electron chi connectivity index (χ0n) is 19.7. The molecular weight excluding hydrogens is 508 g/mol. The Morgan fingerprint density at radius 3 is 2.66 bits per heavy atom. The molecule has 3 aliphatic rings. The van der Waals surface area contributed by atoms with E-state index in [1.54, 1.807) is 29.2 Å². The van der Waals surface area contributed by atoms with Crippen LogP contribution in [0.3, 0.4) is 0 Å². The van der Waals surface area contributed by atoms with E-state index in [9.17, 15) is 27.2 Å². The molecule has 0 saturated heterocycles. The third-order valence-electron chi connectivity index (χ3n) is 6.91. The van der Waals surface area contributed by atoms with Gasteiger partial charge in [-0.05, 0) is 42.8 Å². The van der Waals surface area contributed by atoms with E-state index in [0.29, 0.717) is 46.7 Å². The third kappa shape index (κ3) is 3.72. The molecule has 0 bridgehead atoms. The predicted octanol–water partition coefficient (Wildman–Crippen LogP) is 4.57. The van der Waals surface area contributed by atoms with Crippen molar-refractivity contribution in [3.8, 4) is 17.2 Å². The number of nitrogens with zero attached hydrogens (tertiary/aromatic N) is 1. The summed E-state index contributed by atoms with van der Waals surface area (Å²) in [5, 5.41) is 2.40. The molecule has 0 saturated carbocycles. The number of carbonyl (C=O) groups excluding carboxylic acids is 2. The average Bonchev–Trinajstić information content (AvgIpc) is 3.57. The van der Waals surface area contributed by atoms with Gasteiger partial charge in [0.15, 0.2) is 11.5 Å². The van der Waals surface area contributed by atoms with E-state index in [-0.39, 0.29) is 38.6 Å². The van der Waals surface area contributed by atoms with Crippen molar-refractivity contribution in [3.05, 3.63) is 82.7 Å². The summed E-state index contributed by atoms with van der Waals surface area (Å²) >= 11 is 0. The van der Waals surface area contributed by atoms with Crippen LogP contribution in [0.25, 0.3) is 0 Å². The number of para-hydroxylation sites is 1. The number of hydrogen-bond acceptors (Lipinski definition) is 5. The number of alkyl halides is 3. The highest BCUT2D eigenvalue weighted by Crippen LogP contribution is 2.54. The molecule has 6 rings (SSSR count). The van der Waals surface area contributed by atoms with Gasteiger partial charge in [0.05, 0.1) is 16.8 Å². The van der Waals surface area contributed by atoms with Gasteiger partial charge in [0, 0.05) is 30.6 Å². The first-order valence-corrected chi connectivity index (χ1v) is 11.9. The van der Waals surface area contributed by atoms with Gasteiger partial charge in [-0.3, -0.25) is 9.59 Å². The van der Waals surface area contributed by atoms with E-state index >= 15 is 0 Å².